The molecule has 2 atom stereocenters. The third-order valence-corrected chi connectivity index (χ3v) is 4.36. The van der Waals surface area contributed by atoms with Crippen molar-refractivity contribution in [3.63, 3.8) is 0 Å². The van der Waals surface area contributed by atoms with Crippen molar-refractivity contribution in [2.45, 2.75) is 25.4 Å². The van der Waals surface area contributed by atoms with Crippen LogP contribution in [0.2, 0.25) is 4.34 Å². The summed E-state index contributed by atoms with van der Waals surface area (Å²) < 4.78 is 6.14. The second kappa shape index (κ2) is 6.02. The highest BCUT2D eigenvalue weighted by Crippen LogP contribution is 2.30. The van der Waals surface area contributed by atoms with Crippen molar-refractivity contribution in [2.24, 2.45) is 0 Å². The van der Waals surface area contributed by atoms with Crippen molar-refractivity contribution in [3.8, 4) is 0 Å². The van der Waals surface area contributed by atoms with Gasteiger partial charge in [0.15, 0.2) is 0 Å². The maximum absolute atomic E-state index is 10.9. The summed E-state index contributed by atoms with van der Waals surface area (Å²) in [6.45, 7) is 3.97. The second-order valence-corrected chi connectivity index (χ2v) is 5.97. The molecule has 1 aliphatic rings. The minimum Gasteiger partial charge on any atom is -0.481 e. The number of rotatable bonds is 4. The van der Waals surface area contributed by atoms with Crippen LogP contribution >= 0.6 is 22.9 Å². The first-order valence-corrected chi connectivity index (χ1v) is 7.13. The van der Waals surface area contributed by atoms with E-state index in [1.807, 2.05) is 11.4 Å². The lowest BCUT2D eigenvalue weighted by Gasteiger charge is -2.38. The maximum Gasteiger partial charge on any atom is 0.305 e. The van der Waals surface area contributed by atoms with E-state index in [9.17, 15) is 4.79 Å². The van der Waals surface area contributed by atoms with Crippen LogP contribution in [-0.4, -0.2) is 41.8 Å². The van der Waals surface area contributed by atoms with E-state index in [-0.39, 0.29) is 18.5 Å². The molecule has 1 saturated heterocycles. The van der Waals surface area contributed by atoms with Gasteiger partial charge in [-0.1, -0.05) is 11.6 Å². The number of halogens is 1. The highest BCUT2D eigenvalue weighted by molar-refractivity contribution is 7.14. The van der Waals surface area contributed by atoms with E-state index in [4.69, 9.17) is 21.4 Å². The molecule has 1 fully saturated rings. The zero-order chi connectivity index (χ0) is 13.1. The number of aliphatic carboxylic acids is 1. The maximum atomic E-state index is 10.9. The lowest BCUT2D eigenvalue weighted by atomic mass is 10.1. The molecule has 18 heavy (non-hydrogen) atoms. The number of morpholine rings is 1. The topological polar surface area (TPSA) is 49.8 Å². The van der Waals surface area contributed by atoms with E-state index in [0.29, 0.717) is 13.2 Å². The molecule has 1 aliphatic heterocycles. The Balaban J connectivity index is 2.10. The van der Waals surface area contributed by atoms with Crippen LogP contribution < -0.4 is 0 Å². The van der Waals surface area contributed by atoms with Gasteiger partial charge in [0.25, 0.3) is 0 Å². The van der Waals surface area contributed by atoms with Crippen LogP contribution in [0.4, 0.5) is 0 Å². The van der Waals surface area contributed by atoms with E-state index in [2.05, 4.69) is 11.8 Å². The molecular weight excluding hydrogens is 274 g/mol. The molecule has 0 aromatic carbocycles. The summed E-state index contributed by atoms with van der Waals surface area (Å²) in [6.07, 6.45) is 0.113. The van der Waals surface area contributed by atoms with Crippen molar-refractivity contribution in [3.05, 3.63) is 21.3 Å². The molecule has 0 bridgehead atoms. The molecule has 0 radical (unpaired) electrons. The Labute approximate surface area is 115 Å². The Morgan fingerprint density at radius 1 is 1.78 bits per heavy atom. The first-order valence-electron chi connectivity index (χ1n) is 5.87. The number of carbonyl (C=O) groups is 1. The van der Waals surface area contributed by atoms with Gasteiger partial charge in [-0.3, -0.25) is 9.69 Å². The Morgan fingerprint density at radius 2 is 2.56 bits per heavy atom. The lowest BCUT2D eigenvalue weighted by molar-refractivity contribution is -0.140. The van der Waals surface area contributed by atoms with Crippen LogP contribution in [0.15, 0.2) is 11.4 Å². The van der Waals surface area contributed by atoms with E-state index in [0.717, 1.165) is 16.4 Å². The van der Waals surface area contributed by atoms with Gasteiger partial charge in [0, 0.05) is 18.6 Å². The predicted octanol–water partition coefficient (Wildman–Crippen LogP) is 2.64. The molecule has 1 N–H and O–H groups in total. The van der Waals surface area contributed by atoms with Crippen LogP contribution in [0.1, 0.15) is 24.9 Å². The Morgan fingerprint density at radius 3 is 3.17 bits per heavy atom. The van der Waals surface area contributed by atoms with Gasteiger partial charge >= 0.3 is 5.97 Å². The molecule has 1 aromatic heterocycles. The monoisotopic (exact) mass is 289 g/mol. The molecule has 2 heterocycles. The predicted molar refractivity (Wildman–Crippen MR) is 71.3 cm³/mol. The van der Waals surface area contributed by atoms with Gasteiger partial charge in [-0.15, -0.1) is 11.3 Å². The highest BCUT2D eigenvalue weighted by Gasteiger charge is 2.29. The zero-order valence-electron chi connectivity index (χ0n) is 10.1. The Hall–Kier alpha value is -0.620. The molecule has 4 nitrogen and oxygen atoms in total. The molecule has 0 saturated carbocycles. The van der Waals surface area contributed by atoms with Crippen molar-refractivity contribution >= 4 is 28.9 Å². The number of hydrogen-bond acceptors (Lipinski definition) is 4. The average Bonchev–Trinajstić information content (AvgIpc) is 2.75. The number of carboxylic acid groups (broad SMARTS) is 1. The molecule has 1 aromatic rings. The van der Waals surface area contributed by atoms with Gasteiger partial charge in [-0.25, -0.2) is 0 Å². The average molecular weight is 290 g/mol. The second-order valence-electron chi connectivity index (χ2n) is 4.42. The van der Waals surface area contributed by atoms with Gasteiger partial charge in [0.2, 0.25) is 0 Å². The minimum absolute atomic E-state index is 0.0649. The quantitative estimate of drug-likeness (QED) is 0.926. The summed E-state index contributed by atoms with van der Waals surface area (Å²) >= 11 is 7.45. The number of ether oxygens (including phenoxy) is 1. The van der Waals surface area contributed by atoms with Gasteiger partial charge in [0.05, 0.1) is 24.0 Å². The third kappa shape index (κ3) is 3.23. The zero-order valence-corrected chi connectivity index (χ0v) is 11.7. The van der Waals surface area contributed by atoms with Crippen molar-refractivity contribution in [1.82, 2.24) is 4.90 Å². The van der Waals surface area contributed by atoms with E-state index >= 15 is 0 Å². The minimum atomic E-state index is -0.786. The lowest BCUT2D eigenvalue weighted by Crippen LogP contribution is -2.47. The smallest absolute Gasteiger partial charge is 0.305 e. The number of nitrogens with zero attached hydrogens (tertiary/aromatic N) is 1. The number of hydrogen-bond donors (Lipinski definition) is 1. The van der Waals surface area contributed by atoms with Gasteiger partial charge in [-0.2, -0.15) is 0 Å². The normalized spacial score (nSPS) is 22.9. The van der Waals surface area contributed by atoms with E-state index in [1.54, 1.807) is 0 Å². The molecule has 0 aliphatic carbocycles. The summed E-state index contributed by atoms with van der Waals surface area (Å²) in [5.41, 5.74) is 1.14. The van der Waals surface area contributed by atoms with Crippen LogP contribution in [-0.2, 0) is 9.53 Å². The van der Waals surface area contributed by atoms with Gasteiger partial charge in [0.1, 0.15) is 0 Å². The van der Waals surface area contributed by atoms with Crippen LogP contribution in [0.3, 0.4) is 0 Å². The fourth-order valence-electron chi connectivity index (χ4n) is 2.29. The molecule has 6 heteroatoms. The van der Waals surface area contributed by atoms with E-state index < -0.39 is 5.97 Å². The number of thiophene rings is 1. The summed E-state index contributed by atoms with van der Waals surface area (Å²) in [5, 5.41) is 11.0. The Kier molecular flexibility index (Phi) is 4.61. The largest absolute Gasteiger partial charge is 0.481 e. The summed E-state index contributed by atoms with van der Waals surface area (Å²) in [5.74, 6) is -0.786. The fraction of sp³-hybridized carbons (Fsp3) is 0.583. The van der Waals surface area contributed by atoms with E-state index in [1.165, 1.54) is 11.3 Å². The molecular formula is C12H16ClNO3S. The standard InChI is InChI=1S/C12H16ClNO3S/c1-8(9-4-11(13)18-7-9)14-2-3-17-6-10(14)5-12(15)16/h4,7-8,10H,2-3,5-6H2,1H3,(H,15,16). The Bertz CT molecular complexity index is 423. The first-order chi connectivity index (χ1) is 8.58. The molecule has 0 spiro atoms. The van der Waals surface area contributed by atoms with Crippen LogP contribution in [0, 0.1) is 0 Å². The first kappa shape index (κ1) is 13.8. The van der Waals surface area contributed by atoms with Gasteiger partial charge < -0.3 is 9.84 Å². The summed E-state index contributed by atoms with van der Waals surface area (Å²) in [6, 6.07) is 2.05. The van der Waals surface area contributed by atoms with Crippen molar-refractivity contribution in [2.75, 3.05) is 19.8 Å². The number of carboxylic acids is 1. The molecule has 2 unspecified atom stereocenters. The molecule has 100 valence electrons. The van der Waals surface area contributed by atoms with Gasteiger partial charge in [-0.05, 0) is 23.9 Å². The summed E-state index contributed by atoms with van der Waals surface area (Å²) in [7, 11) is 0. The summed E-state index contributed by atoms with van der Waals surface area (Å²) in [4.78, 5) is 13.1. The SMILES string of the molecule is CC(c1csc(Cl)c1)N1CCOCC1CC(=O)O. The van der Waals surface area contributed by atoms with Crippen molar-refractivity contribution < 1.29 is 14.6 Å². The molecule has 0 amide bonds. The highest BCUT2D eigenvalue weighted by atomic mass is 35.5. The van der Waals surface area contributed by atoms with Crippen LogP contribution in [0.25, 0.3) is 0 Å². The van der Waals surface area contributed by atoms with Crippen LogP contribution in [0.5, 0.6) is 0 Å². The van der Waals surface area contributed by atoms with Crippen molar-refractivity contribution in [1.29, 1.82) is 0 Å². The fourth-order valence-corrected chi connectivity index (χ4v) is 3.27. The third-order valence-electron chi connectivity index (χ3n) is 3.25. The molecule has 2 rings (SSSR count).